The monoisotopic (exact) mass is 303 g/mol. The summed E-state index contributed by atoms with van der Waals surface area (Å²) in [6, 6.07) is 13.4. The number of hydrogen-bond acceptors (Lipinski definition) is 2. The van der Waals surface area contributed by atoms with E-state index in [0.717, 1.165) is 29.7 Å². The molecule has 0 amide bonds. The third-order valence-electron chi connectivity index (χ3n) is 3.51. The van der Waals surface area contributed by atoms with Crippen molar-refractivity contribution in [3.8, 4) is 0 Å². The summed E-state index contributed by atoms with van der Waals surface area (Å²) in [5.74, 6) is -0.148. The van der Waals surface area contributed by atoms with Gasteiger partial charge >= 0.3 is 0 Å². The lowest BCUT2D eigenvalue weighted by Gasteiger charge is -2.22. The second-order valence-corrected chi connectivity index (χ2v) is 6.00. The van der Waals surface area contributed by atoms with Crippen molar-refractivity contribution in [3.63, 3.8) is 0 Å². The van der Waals surface area contributed by atoms with Crippen LogP contribution < -0.4 is 5.32 Å². The van der Waals surface area contributed by atoms with Crippen LogP contribution in [0.4, 0.5) is 4.39 Å². The third kappa shape index (κ3) is 3.86. The van der Waals surface area contributed by atoms with E-state index in [4.69, 9.17) is 0 Å². The molecule has 2 aromatic carbocycles. The minimum Gasteiger partial charge on any atom is -0.306 e. The molecule has 1 atom stereocenters. The lowest BCUT2D eigenvalue weighted by molar-refractivity contribution is 0.542. The topological polar surface area (TPSA) is 12.0 Å². The first-order chi connectivity index (χ1) is 10.2. The highest BCUT2D eigenvalue weighted by molar-refractivity contribution is 7.98. The first kappa shape index (κ1) is 16.1. The summed E-state index contributed by atoms with van der Waals surface area (Å²) < 4.78 is 14.3. The summed E-state index contributed by atoms with van der Waals surface area (Å²) in [5, 5.41) is 3.49. The van der Waals surface area contributed by atoms with Crippen LogP contribution in [0.25, 0.3) is 0 Å². The highest BCUT2D eigenvalue weighted by Crippen LogP contribution is 2.31. The van der Waals surface area contributed by atoms with E-state index in [1.165, 1.54) is 4.90 Å². The Bertz CT molecular complexity index is 598. The van der Waals surface area contributed by atoms with Gasteiger partial charge in [0.15, 0.2) is 0 Å². The SMILES string of the molecule is CCCNC(c1cc(C)ccc1F)c1ccccc1SC. The van der Waals surface area contributed by atoms with Crippen LogP contribution >= 0.6 is 11.8 Å². The van der Waals surface area contributed by atoms with Gasteiger partial charge in [0.2, 0.25) is 0 Å². The molecule has 0 bridgehead atoms. The summed E-state index contributed by atoms with van der Waals surface area (Å²) in [6.45, 7) is 4.98. The molecule has 1 nitrogen and oxygen atoms in total. The molecule has 1 unspecified atom stereocenters. The zero-order valence-electron chi connectivity index (χ0n) is 12.8. The van der Waals surface area contributed by atoms with Crippen molar-refractivity contribution in [2.75, 3.05) is 12.8 Å². The van der Waals surface area contributed by atoms with Crippen LogP contribution in [0.15, 0.2) is 47.4 Å². The predicted octanol–water partition coefficient (Wildman–Crippen LogP) is 4.95. The van der Waals surface area contributed by atoms with Gasteiger partial charge in [0.1, 0.15) is 5.82 Å². The van der Waals surface area contributed by atoms with E-state index in [0.29, 0.717) is 0 Å². The zero-order chi connectivity index (χ0) is 15.2. The van der Waals surface area contributed by atoms with Crippen molar-refractivity contribution in [2.45, 2.75) is 31.2 Å². The van der Waals surface area contributed by atoms with Gasteiger partial charge in [-0.2, -0.15) is 0 Å². The molecular weight excluding hydrogens is 281 g/mol. The van der Waals surface area contributed by atoms with Crippen molar-refractivity contribution in [3.05, 3.63) is 65.0 Å². The molecule has 0 saturated carbocycles. The van der Waals surface area contributed by atoms with Gasteiger partial charge in [-0.15, -0.1) is 11.8 Å². The van der Waals surface area contributed by atoms with E-state index < -0.39 is 0 Å². The number of nitrogens with one attached hydrogen (secondary N) is 1. The molecule has 112 valence electrons. The van der Waals surface area contributed by atoms with Gasteiger partial charge in [-0.1, -0.05) is 42.8 Å². The maximum Gasteiger partial charge on any atom is 0.128 e. The first-order valence-electron chi connectivity index (χ1n) is 7.29. The summed E-state index contributed by atoms with van der Waals surface area (Å²) in [7, 11) is 0. The fraction of sp³-hybridized carbons (Fsp3) is 0.333. The molecule has 0 radical (unpaired) electrons. The Morgan fingerprint density at radius 2 is 1.90 bits per heavy atom. The minimum absolute atomic E-state index is 0.103. The average Bonchev–Trinajstić information content (AvgIpc) is 2.51. The molecule has 2 aromatic rings. The van der Waals surface area contributed by atoms with Crippen molar-refractivity contribution in [2.24, 2.45) is 0 Å². The highest BCUT2D eigenvalue weighted by Gasteiger charge is 2.19. The lowest BCUT2D eigenvalue weighted by Crippen LogP contribution is -2.24. The van der Waals surface area contributed by atoms with Crippen LogP contribution in [0.2, 0.25) is 0 Å². The van der Waals surface area contributed by atoms with E-state index >= 15 is 0 Å². The van der Waals surface area contributed by atoms with E-state index in [2.05, 4.69) is 30.6 Å². The number of halogens is 1. The third-order valence-corrected chi connectivity index (χ3v) is 4.32. The smallest absolute Gasteiger partial charge is 0.128 e. The summed E-state index contributed by atoms with van der Waals surface area (Å²) in [4.78, 5) is 1.19. The fourth-order valence-electron chi connectivity index (χ4n) is 2.47. The molecule has 21 heavy (non-hydrogen) atoms. The lowest BCUT2D eigenvalue weighted by atomic mass is 9.96. The number of rotatable bonds is 6. The second kappa shape index (κ2) is 7.62. The number of thioether (sulfide) groups is 1. The normalized spacial score (nSPS) is 12.4. The van der Waals surface area contributed by atoms with Crippen LogP contribution in [0.1, 0.15) is 36.1 Å². The van der Waals surface area contributed by atoms with Gasteiger partial charge in [-0.25, -0.2) is 4.39 Å². The molecule has 0 saturated heterocycles. The van der Waals surface area contributed by atoms with Crippen molar-refractivity contribution < 1.29 is 4.39 Å². The van der Waals surface area contributed by atoms with Gasteiger partial charge in [-0.3, -0.25) is 0 Å². The summed E-state index contributed by atoms with van der Waals surface area (Å²) in [6.07, 6.45) is 3.08. The molecule has 0 aliphatic carbocycles. The predicted molar refractivity (Wildman–Crippen MR) is 89.5 cm³/mol. The van der Waals surface area contributed by atoms with Gasteiger partial charge in [0.25, 0.3) is 0 Å². The number of aryl methyl sites for hydroxylation is 1. The standard InChI is InChI=1S/C18H22FNS/c1-4-11-20-18(14-7-5-6-8-17(14)21-3)15-12-13(2)9-10-16(15)19/h5-10,12,18,20H,4,11H2,1-3H3. The van der Waals surface area contributed by atoms with E-state index in [1.807, 2.05) is 31.2 Å². The van der Waals surface area contributed by atoms with Crippen molar-refractivity contribution >= 4 is 11.8 Å². The Hall–Kier alpha value is -1.32. The van der Waals surface area contributed by atoms with Gasteiger partial charge in [0.05, 0.1) is 6.04 Å². The molecule has 1 N–H and O–H groups in total. The van der Waals surface area contributed by atoms with Crippen LogP contribution in [0.5, 0.6) is 0 Å². The Morgan fingerprint density at radius 1 is 1.14 bits per heavy atom. The quantitative estimate of drug-likeness (QED) is 0.758. The summed E-state index contributed by atoms with van der Waals surface area (Å²) >= 11 is 1.70. The molecule has 0 spiro atoms. The summed E-state index contributed by atoms with van der Waals surface area (Å²) in [5.41, 5.74) is 2.95. The molecule has 0 aliphatic heterocycles. The van der Waals surface area contributed by atoms with Crippen LogP contribution in [0, 0.1) is 12.7 Å². The maximum absolute atomic E-state index is 14.3. The van der Waals surface area contributed by atoms with E-state index in [-0.39, 0.29) is 11.9 Å². The molecule has 0 aliphatic rings. The largest absolute Gasteiger partial charge is 0.306 e. The van der Waals surface area contributed by atoms with E-state index in [9.17, 15) is 4.39 Å². The first-order valence-corrected chi connectivity index (χ1v) is 8.52. The number of hydrogen-bond donors (Lipinski definition) is 1. The van der Waals surface area contributed by atoms with Crippen molar-refractivity contribution in [1.29, 1.82) is 0 Å². The number of benzene rings is 2. The Labute approximate surface area is 131 Å². The van der Waals surface area contributed by atoms with Crippen LogP contribution in [-0.4, -0.2) is 12.8 Å². The average molecular weight is 303 g/mol. The fourth-order valence-corrected chi connectivity index (χ4v) is 3.10. The molecular formula is C18H22FNS. The van der Waals surface area contributed by atoms with Gasteiger partial charge in [0, 0.05) is 10.5 Å². The maximum atomic E-state index is 14.3. The zero-order valence-corrected chi connectivity index (χ0v) is 13.6. The minimum atomic E-state index is -0.148. The Morgan fingerprint density at radius 3 is 2.62 bits per heavy atom. The molecule has 2 rings (SSSR count). The van der Waals surface area contributed by atoms with E-state index in [1.54, 1.807) is 17.8 Å². The highest BCUT2D eigenvalue weighted by atomic mass is 32.2. The molecule has 0 heterocycles. The van der Waals surface area contributed by atoms with Crippen LogP contribution in [-0.2, 0) is 0 Å². The molecule has 0 fully saturated rings. The second-order valence-electron chi connectivity index (χ2n) is 5.15. The molecule has 3 heteroatoms. The van der Waals surface area contributed by atoms with Crippen LogP contribution in [0.3, 0.4) is 0 Å². The van der Waals surface area contributed by atoms with Gasteiger partial charge in [-0.05, 0) is 43.8 Å². The Balaban J connectivity index is 2.49. The Kier molecular flexibility index (Phi) is 5.83. The molecule has 0 aromatic heterocycles. The van der Waals surface area contributed by atoms with Crippen molar-refractivity contribution in [1.82, 2.24) is 5.32 Å². The van der Waals surface area contributed by atoms with Gasteiger partial charge < -0.3 is 5.32 Å².